The molecule has 0 aliphatic heterocycles. The molecular formula is C19H19GeO2. The van der Waals surface area contributed by atoms with Gasteiger partial charge in [0.05, 0.1) is 0 Å². The topological polar surface area (TPSA) is 40.7 Å². The van der Waals surface area contributed by atoms with Crippen LogP contribution < -0.4 is 17.9 Å². The van der Waals surface area contributed by atoms with Gasteiger partial charge in [0.15, 0.2) is 0 Å². The zero-order valence-corrected chi connectivity index (χ0v) is 14.6. The van der Waals surface area contributed by atoms with Gasteiger partial charge in [-0.1, -0.05) is 0 Å². The van der Waals surface area contributed by atoms with E-state index in [1.54, 1.807) is 7.11 Å². The molecule has 3 rings (SSSR count). The third-order valence-electron chi connectivity index (χ3n) is 3.50. The number of ether oxygens (including phenoxy) is 1. The Morgan fingerprint density at radius 3 is 1.41 bits per heavy atom. The summed E-state index contributed by atoms with van der Waals surface area (Å²) in [5.41, 5.74) is 0. The second-order valence-electron chi connectivity index (χ2n) is 4.84. The first kappa shape index (κ1) is 16.3. The van der Waals surface area contributed by atoms with E-state index < -0.39 is 14.3 Å². The van der Waals surface area contributed by atoms with Crippen molar-refractivity contribution in [2.24, 2.45) is 0 Å². The van der Waals surface area contributed by atoms with Crippen LogP contribution in [0.15, 0.2) is 84.9 Å². The monoisotopic (exact) mass is 353 g/mol. The molecule has 2 N–H and O–H groups in total. The summed E-state index contributed by atoms with van der Waals surface area (Å²) < 4.78 is 9.65. The first-order chi connectivity index (χ1) is 10.4. The van der Waals surface area contributed by atoms with Gasteiger partial charge in [0, 0.05) is 0 Å². The second-order valence-corrected chi connectivity index (χ2v) is 10.0. The van der Waals surface area contributed by atoms with Gasteiger partial charge in [-0.3, -0.25) is 0 Å². The van der Waals surface area contributed by atoms with Crippen LogP contribution in [0.2, 0.25) is 0 Å². The minimum atomic E-state index is -1.72. The number of benzene rings is 3. The zero-order valence-electron chi connectivity index (χ0n) is 12.5. The van der Waals surface area contributed by atoms with Gasteiger partial charge in [0.25, 0.3) is 0 Å². The maximum absolute atomic E-state index is 5.28. The summed E-state index contributed by atoms with van der Waals surface area (Å²) >= 11 is -1.72. The smallest absolute Gasteiger partial charge is 0.412 e. The molecule has 0 atom stereocenters. The Hall–Kier alpha value is -2.04. The fraction of sp³-hybridized carbons (Fsp3) is 0.0526. The van der Waals surface area contributed by atoms with Crippen molar-refractivity contribution in [2.75, 3.05) is 7.11 Å². The van der Waals surface area contributed by atoms with Crippen LogP contribution in [0, 0.1) is 0 Å². The van der Waals surface area contributed by atoms with Crippen LogP contribution in [0.25, 0.3) is 0 Å². The van der Waals surface area contributed by atoms with Crippen molar-refractivity contribution in [3.8, 4) is 5.75 Å². The Balaban J connectivity index is 0.00000176. The maximum Gasteiger partial charge on any atom is -0.412 e. The molecule has 3 heteroatoms. The van der Waals surface area contributed by atoms with Crippen LogP contribution >= 0.6 is 0 Å². The van der Waals surface area contributed by atoms with Gasteiger partial charge in [0.2, 0.25) is 0 Å². The summed E-state index contributed by atoms with van der Waals surface area (Å²) in [5, 5.41) is 0. The van der Waals surface area contributed by atoms with E-state index in [2.05, 4.69) is 84.9 Å². The Bertz CT molecular complexity index is 642. The summed E-state index contributed by atoms with van der Waals surface area (Å²) in [5.74, 6) is 0.914. The summed E-state index contributed by atoms with van der Waals surface area (Å²) in [6, 6.07) is 30.3. The van der Waals surface area contributed by atoms with Crippen molar-refractivity contribution in [2.45, 2.75) is 0 Å². The molecule has 0 aliphatic rings. The molecule has 0 fully saturated rings. The summed E-state index contributed by atoms with van der Waals surface area (Å²) in [7, 11) is 1.71. The molecule has 0 heterocycles. The van der Waals surface area contributed by atoms with Crippen LogP contribution in [0.4, 0.5) is 0 Å². The average molecular weight is 352 g/mol. The minimum absolute atomic E-state index is 0. The number of rotatable bonds is 4. The molecule has 22 heavy (non-hydrogen) atoms. The molecule has 3 aromatic rings. The molecule has 0 unspecified atom stereocenters. The van der Waals surface area contributed by atoms with Crippen molar-refractivity contribution in [3.63, 3.8) is 0 Å². The molecule has 2 nitrogen and oxygen atoms in total. The normalized spacial score (nSPS) is 10.1. The van der Waals surface area contributed by atoms with E-state index in [-0.39, 0.29) is 5.48 Å². The summed E-state index contributed by atoms with van der Waals surface area (Å²) in [4.78, 5) is 0. The molecule has 0 aliphatic carbocycles. The Morgan fingerprint density at radius 2 is 1.00 bits per heavy atom. The van der Waals surface area contributed by atoms with Crippen molar-refractivity contribution in [3.05, 3.63) is 84.9 Å². The standard InChI is InChI=1S/C19H17GeO.H2O/c1-21-19-14-12-18(13-15-19)20(16-8-4-2-5-9-16)17-10-6-3-7-11-17;/h2-15H,1H3;1H2. The molecule has 1 radical (unpaired) electrons. The number of hydrogen-bond donors (Lipinski definition) is 0. The van der Waals surface area contributed by atoms with Gasteiger partial charge in [-0.2, -0.15) is 0 Å². The molecule has 111 valence electrons. The van der Waals surface area contributed by atoms with Crippen LogP contribution in [0.5, 0.6) is 5.75 Å². The number of methoxy groups -OCH3 is 1. The fourth-order valence-corrected chi connectivity index (χ4v) is 7.82. The largest absolute Gasteiger partial charge is 0.412 e. The molecule has 0 amide bonds. The van der Waals surface area contributed by atoms with Gasteiger partial charge in [-0.25, -0.2) is 0 Å². The van der Waals surface area contributed by atoms with Gasteiger partial charge in [0.1, 0.15) is 0 Å². The third kappa shape index (κ3) is 3.59. The van der Waals surface area contributed by atoms with E-state index in [1.165, 1.54) is 13.2 Å². The van der Waals surface area contributed by atoms with E-state index in [0.29, 0.717) is 0 Å². The predicted octanol–water partition coefficient (Wildman–Crippen LogP) is 1.39. The molecular weight excluding hydrogens is 333 g/mol. The quantitative estimate of drug-likeness (QED) is 0.655. The zero-order chi connectivity index (χ0) is 14.5. The van der Waals surface area contributed by atoms with Crippen LogP contribution in [-0.2, 0) is 0 Å². The SMILES string of the molecule is COc1cc[c]([Ge]([c]2ccccc2)[c]2ccccc2)cc1.O. The Labute approximate surface area is 135 Å². The molecule has 0 aromatic heterocycles. The van der Waals surface area contributed by atoms with Crippen LogP contribution in [0.1, 0.15) is 0 Å². The van der Waals surface area contributed by atoms with E-state index in [1.807, 2.05) is 0 Å². The third-order valence-corrected chi connectivity index (χ3v) is 9.24. The van der Waals surface area contributed by atoms with E-state index in [4.69, 9.17) is 4.74 Å². The molecule has 0 spiro atoms. The van der Waals surface area contributed by atoms with E-state index >= 15 is 0 Å². The van der Waals surface area contributed by atoms with E-state index in [0.717, 1.165) is 5.75 Å². The molecule has 0 saturated heterocycles. The second kappa shape index (κ2) is 7.83. The summed E-state index contributed by atoms with van der Waals surface area (Å²) in [6.07, 6.45) is 0. The van der Waals surface area contributed by atoms with Crippen molar-refractivity contribution in [1.82, 2.24) is 0 Å². The van der Waals surface area contributed by atoms with Gasteiger partial charge < -0.3 is 5.48 Å². The van der Waals surface area contributed by atoms with Gasteiger partial charge >= 0.3 is 130 Å². The maximum atomic E-state index is 5.28. The first-order valence-electron chi connectivity index (χ1n) is 7.01. The Kier molecular flexibility index (Phi) is 5.81. The van der Waals surface area contributed by atoms with Crippen LogP contribution in [-0.4, -0.2) is 26.9 Å². The molecule has 0 bridgehead atoms. The fourth-order valence-electron chi connectivity index (χ4n) is 2.47. The van der Waals surface area contributed by atoms with Crippen molar-refractivity contribution >= 4 is 27.5 Å². The van der Waals surface area contributed by atoms with Crippen molar-refractivity contribution in [1.29, 1.82) is 0 Å². The van der Waals surface area contributed by atoms with E-state index in [9.17, 15) is 0 Å². The minimum Gasteiger partial charge on any atom is -0.412 e. The molecule has 3 aromatic carbocycles. The summed E-state index contributed by atoms with van der Waals surface area (Å²) in [6.45, 7) is 0. The predicted molar refractivity (Wildman–Crippen MR) is 94.1 cm³/mol. The van der Waals surface area contributed by atoms with Crippen LogP contribution in [0.3, 0.4) is 0 Å². The average Bonchev–Trinajstić information content (AvgIpc) is 2.58. The van der Waals surface area contributed by atoms with Gasteiger partial charge in [-0.05, 0) is 0 Å². The Morgan fingerprint density at radius 1 is 0.591 bits per heavy atom. The van der Waals surface area contributed by atoms with Crippen molar-refractivity contribution < 1.29 is 10.2 Å². The molecule has 0 saturated carbocycles. The first-order valence-corrected chi connectivity index (χ1v) is 10.2. The number of hydrogen-bond acceptors (Lipinski definition) is 1. The van der Waals surface area contributed by atoms with Gasteiger partial charge in [-0.15, -0.1) is 0 Å².